The zero-order valence-electron chi connectivity index (χ0n) is 12.5. The first-order valence-corrected chi connectivity index (χ1v) is 8.24. The molecule has 1 aromatic carbocycles. The van der Waals surface area contributed by atoms with E-state index in [0.29, 0.717) is 28.4 Å². The summed E-state index contributed by atoms with van der Waals surface area (Å²) in [5, 5.41) is 12.9. The molecule has 0 atom stereocenters. The lowest BCUT2D eigenvalue weighted by molar-refractivity contribution is 0.321. The summed E-state index contributed by atoms with van der Waals surface area (Å²) in [5.41, 5.74) is 1.42. The lowest BCUT2D eigenvalue weighted by Crippen LogP contribution is -2.02. The van der Waals surface area contributed by atoms with Crippen LogP contribution in [-0.4, -0.2) is 15.4 Å². The first-order chi connectivity index (χ1) is 11.3. The molecule has 0 aliphatic heterocycles. The average Bonchev–Trinajstić information content (AvgIpc) is 3.26. The average molecular weight is 330 g/mol. The highest BCUT2D eigenvalue weighted by Crippen LogP contribution is 2.34. The van der Waals surface area contributed by atoms with Crippen LogP contribution in [0.4, 0.5) is 0 Å². The molecule has 6 heteroatoms. The standard InChI is InChI=1S/C17H16ClN3O2/c18-13-8-6-12(7-9-13)16-19-20-17(22-16)14-10-15(23-21-14)11-4-2-1-3-5-11/h6-11H,1-5H2. The molecule has 0 bridgehead atoms. The van der Waals surface area contributed by atoms with Crippen molar-refractivity contribution in [2.75, 3.05) is 0 Å². The van der Waals surface area contributed by atoms with Gasteiger partial charge in [-0.25, -0.2) is 0 Å². The highest BCUT2D eigenvalue weighted by Gasteiger charge is 2.22. The fourth-order valence-electron chi connectivity index (χ4n) is 3.01. The summed E-state index contributed by atoms with van der Waals surface area (Å²) in [6.45, 7) is 0. The predicted octanol–water partition coefficient (Wildman–Crippen LogP) is 5.09. The quantitative estimate of drug-likeness (QED) is 0.669. The van der Waals surface area contributed by atoms with E-state index in [1.807, 2.05) is 18.2 Å². The van der Waals surface area contributed by atoms with Gasteiger partial charge in [0.15, 0.2) is 5.69 Å². The van der Waals surface area contributed by atoms with Crippen LogP contribution in [0, 0.1) is 0 Å². The summed E-state index contributed by atoms with van der Waals surface area (Å²) in [4.78, 5) is 0. The molecule has 0 saturated heterocycles. The first kappa shape index (κ1) is 14.5. The maximum atomic E-state index is 5.89. The summed E-state index contributed by atoms with van der Waals surface area (Å²) < 4.78 is 11.2. The van der Waals surface area contributed by atoms with Crippen LogP contribution in [0.5, 0.6) is 0 Å². The Morgan fingerprint density at radius 1 is 0.957 bits per heavy atom. The number of halogens is 1. The van der Waals surface area contributed by atoms with E-state index in [1.54, 1.807) is 12.1 Å². The Hall–Kier alpha value is -2.14. The molecule has 2 heterocycles. The van der Waals surface area contributed by atoms with Gasteiger partial charge in [0.2, 0.25) is 5.89 Å². The molecule has 0 spiro atoms. The Morgan fingerprint density at radius 3 is 2.48 bits per heavy atom. The van der Waals surface area contributed by atoms with Gasteiger partial charge in [-0.05, 0) is 37.1 Å². The molecule has 1 aliphatic carbocycles. The van der Waals surface area contributed by atoms with Gasteiger partial charge >= 0.3 is 0 Å². The van der Waals surface area contributed by atoms with Gasteiger partial charge in [0.25, 0.3) is 5.89 Å². The van der Waals surface area contributed by atoms with Gasteiger partial charge in [0, 0.05) is 22.6 Å². The van der Waals surface area contributed by atoms with Crippen molar-refractivity contribution in [2.24, 2.45) is 0 Å². The number of rotatable bonds is 3. The van der Waals surface area contributed by atoms with Crippen molar-refractivity contribution in [3.8, 4) is 23.0 Å². The molecular formula is C17H16ClN3O2. The second-order valence-corrected chi connectivity index (χ2v) is 6.31. The molecule has 1 saturated carbocycles. The van der Waals surface area contributed by atoms with Crippen molar-refractivity contribution in [3.05, 3.63) is 41.1 Å². The van der Waals surface area contributed by atoms with Crippen LogP contribution >= 0.6 is 11.6 Å². The summed E-state index contributed by atoms with van der Waals surface area (Å²) in [5.74, 6) is 2.20. The molecule has 1 aliphatic rings. The minimum Gasteiger partial charge on any atom is -0.414 e. The van der Waals surface area contributed by atoms with Crippen LogP contribution in [0.3, 0.4) is 0 Å². The Morgan fingerprint density at radius 2 is 1.70 bits per heavy atom. The molecule has 0 amide bonds. The normalized spacial score (nSPS) is 15.9. The van der Waals surface area contributed by atoms with Crippen LogP contribution in [0.25, 0.3) is 23.0 Å². The van der Waals surface area contributed by atoms with Crippen molar-refractivity contribution in [1.29, 1.82) is 0 Å². The minimum absolute atomic E-state index is 0.376. The molecule has 4 rings (SSSR count). The van der Waals surface area contributed by atoms with Crippen molar-refractivity contribution < 1.29 is 8.94 Å². The minimum atomic E-state index is 0.376. The zero-order chi connectivity index (χ0) is 15.6. The van der Waals surface area contributed by atoms with Gasteiger partial charge in [-0.15, -0.1) is 10.2 Å². The van der Waals surface area contributed by atoms with Crippen LogP contribution in [0.15, 0.2) is 39.3 Å². The fraction of sp³-hybridized carbons (Fsp3) is 0.353. The topological polar surface area (TPSA) is 65.0 Å². The van der Waals surface area contributed by atoms with E-state index in [9.17, 15) is 0 Å². The van der Waals surface area contributed by atoms with Gasteiger partial charge < -0.3 is 8.94 Å². The first-order valence-electron chi connectivity index (χ1n) is 7.86. The van der Waals surface area contributed by atoms with E-state index in [0.717, 1.165) is 24.2 Å². The Bertz CT molecular complexity index is 788. The van der Waals surface area contributed by atoms with E-state index in [2.05, 4.69) is 15.4 Å². The fourth-order valence-corrected chi connectivity index (χ4v) is 3.13. The van der Waals surface area contributed by atoms with Gasteiger partial charge in [0.1, 0.15) is 5.76 Å². The second-order valence-electron chi connectivity index (χ2n) is 5.87. The zero-order valence-corrected chi connectivity index (χ0v) is 13.3. The Kier molecular flexibility index (Phi) is 3.87. The van der Waals surface area contributed by atoms with E-state index in [1.165, 1.54) is 19.3 Å². The number of benzene rings is 1. The van der Waals surface area contributed by atoms with Gasteiger partial charge in [0.05, 0.1) is 0 Å². The molecule has 0 unspecified atom stereocenters. The highest BCUT2D eigenvalue weighted by atomic mass is 35.5. The second kappa shape index (κ2) is 6.16. The van der Waals surface area contributed by atoms with Crippen LogP contribution in [-0.2, 0) is 0 Å². The SMILES string of the molecule is Clc1ccc(-c2nnc(-c3cc(C4CCCCC4)on3)o2)cc1. The van der Waals surface area contributed by atoms with E-state index in [-0.39, 0.29) is 0 Å². The van der Waals surface area contributed by atoms with E-state index in [4.69, 9.17) is 20.5 Å². The summed E-state index contributed by atoms with van der Waals surface area (Å²) in [6.07, 6.45) is 6.14. The summed E-state index contributed by atoms with van der Waals surface area (Å²) in [7, 11) is 0. The van der Waals surface area contributed by atoms with Crippen molar-refractivity contribution in [1.82, 2.24) is 15.4 Å². The summed E-state index contributed by atoms with van der Waals surface area (Å²) >= 11 is 5.89. The molecule has 0 radical (unpaired) electrons. The van der Waals surface area contributed by atoms with Gasteiger partial charge in [-0.3, -0.25) is 0 Å². The molecule has 3 aromatic rings. The monoisotopic (exact) mass is 329 g/mol. The van der Waals surface area contributed by atoms with Gasteiger partial charge in [-0.1, -0.05) is 36.0 Å². The van der Waals surface area contributed by atoms with Gasteiger partial charge in [-0.2, -0.15) is 0 Å². The summed E-state index contributed by atoms with van der Waals surface area (Å²) in [6, 6.07) is 9.19. The Labute approximate surface area is 138 Å². The number of aromatic nitrogens is 3. The van der Waals surface area contributed by atoms with Crippen molar-refractivity contribution in [2.45, 2.75) is 38.0 Å². The Balaban J connectivity index is 1.57. The van der Waals surface area contributed by atoms with E-state index < -0.39 is 0 Å². The largest absolute Gasteiger partial charge is 0.414 e. The number of nitrogens with zero attached hydrogens (tertiary/aromatic N) is 3. The maximum absolute atomic E-state index is 5.89. The number of hydrogen-bond donors (Lipinski definition) is 0. The van der Waals surface area contributed by atoms with Crippen LogP contribution < -0.4 is 0 Å². The smallest absolute Gasteiger partial charge is 0.270 e. The molecule has 23 heavy (non-hydrogen) atoms. The molecular weight excluding hydrogens is 314 g/mol. The predicted molar refractivity (Wildman–Crippen MR) is 86.1 cm³/mol. The van der Waals surface area contributed by atoms with E-state index >= 15 is 0 Å². The molecule has 118 valence electrons. The molecule has 0 N–H and O–H groups in total. The molecule has 5 nitrogen and oxygen atoms in total. The third-order valence-electron chi connectivity index (χ3n) is 4.27. The molecule has 2 aromatic heterocycles. The van der Waals surface area contributed by atoms with Crippen molar-refractivity contribution >= 4 is 11.6 Å². The number of hydrogen-bond acceptors (Lipinski definition) is 5. The maximum Gasteiger partial charge on any atom is 0.270 e. The molecule has 1 fully saturated rings. The lowest BCUT2D eigenvalue weighted by atomic mass is 9.87. The van der Waals surface area contributed by atoms with Crippen LogP contribution in [0.1, 0.15) is 43.8 Å². The third-order valence-corrected chi connectivity index (χ3v) is 4.52. The van der Waals surface area contributed by atoms with Crippen LogP contribution in [0.2, 0.25) is 5.02 Å². The third kappa shape index (κ3) is 3.01. The van der Waals surface area contributed by atoms with Crippen molar-refractivity contribution in [3.63, 3.8) is 0 Å². The lowest BCUT2D eigenvalue weighted by Gasteiger charge is -2.18. The highest BCUT2D eigenvalue weighted by molar-refractivity contribution is 6.30.